The number of carbonyl (C=O) groups excluding carboxylic acids is 2. The van der Waals surface area contributed by atoms with Crippen LogP contribution in [0, 0.1) is 0 Å². The number of thiazole rings is 1. The Morgan fingerprint density at radius 2 is 1.71 bits per heavy atom. The Balaban J connectivity index is 1.58. The summed E-state index contributed by atoms with van der Waals surface area (Å²) in [6, 6.07) is 13.5. The standard InChI is InChI=1S/C22H20Cl2N2O4S/c1-29-22(28)11-19(14-2-4-15(23)5-3-14)26-20(27)10-17-13-31-21(25-17)12-30-18-8-6-16(24)7-9-18/h2-9,13,19H,10-12H2,1H3,(H,26,27). The van der Waals surface area contributed by atoms with Crippen molar-refractivity contribution in [1.29, 1.82) is 0 Å². The number of carbonyl (C=O) groups is 2. The van der Waals surface area contributed by atoms with Crippen LogP contribution in [0.3, 0.4) is 0 Å². The second kappa shape index (κ2) is 11.1. The molecule has 1 amide bonds. The molecular formula is C22H20Cl2N2O4S. The summed E-state index contributed by atoms with van der Waals surface area (Å²) in [5.41, 5.74) is 1.39. The average Bonchev–Trinajstić information content (AvgIpc) is 3.20. The van der Waals surface area contributed by atoms with Gasteiger partial charge in [-0.3, -0.25) is 9.59 Å². The smallest absolute Gasteiger partial charge is 0.307 e. The van der Waals surface area contributed by atoms with E-state index in [0.717, 1.165) is 10.6 Å². The molecule has 1 unspecified atom stereocenters. The summed E-state index contributed by atoms with van der Waals surface area (Å²) in [5, 5.41) is 6.66. The molecule has 2 aromatic carbocycles. The van der Waals surface area contributed by atoms with Crippen molar-refractivity contribution < 1.29 is 19.1 Å². The van der Waals surface area contributed by atoms with Gasteiger partial charge in [0.25, 0.3) is 0 Å². The molecule has 0 bridgehead atoms. The number of nitrogens with zero attached hydrogens (tertiary/aromatic N) is 1. The fourth-order valence-corrected chi connectivity index (χ4v) is 3.74. The topological polar surface area (TPSA) is 77.5 Å². The minimum Gasteiger partial charge on any atom is -0.486 e. The summed E-state index contributed by atoms with van der Waals surface area (Å²) in [6.45, 7) is 0.295. The Labute approximate surface area is 194 Å². The van der Waals surface area contributed by atoms with Crippen LogP contribution in [0.4, 0.5) is 0 Å². The molecular weight excluding hydrogens is 459 g/mol. The van der Waals surface area contributed by atoms with E-state index in [1.807, 2.05) is 5.38 Å². The van der Waals surface area contributed by atoms with Crippen molar-refractivity contribution in [3.63, 3.8) is 0 Å². The van der Waals surface area contributed by atoms with Crippen LogP contribution < -0.4 is 10.1 Å². The van der Waals surface area contributed by atoms with Gasteiger partial charge in [0.1, 0.15) is 17.4 Å². The van der Waals surface area contributed by atoms with Gasteiger partial charge in [-0.15, -0.1) is 11.3 Å². The quantitative estimate of drug-likeness (QED) is 0.438. The van der Waals surface area contributed by atoms with Crippen LogP contribution in [0.15, 0.2) is 53.9 Å². The molecule has 0 saturated carbocycles. The highest BCUT2D eigenvalue weighted by Crippen LogP contribution is 2.21. The first-order valence-electron chi connectivity index (χ1n) is 9.36. The summed E-state index contributed by atoms with van der Waals surface area (Å²) in [5.74, 6) is 0.0161. The van der Waals surface area contributed by atoms with E-state index in [9.17, 15) is 9.59 Å². The second-order valence-corrected chi connectivity index (χ2v) is 8.42. The fraction of sp³-hybridized carbons (Fsp3) is 0.227. The van der Waals surface area contributed by atoms with E-state index < -0.39 is 12.0 Å². The van der Waals surface area contributed by atoms with Crippen molar-refractivity contribution in [2.45, 2.75) is 25.5 Å². The van der Waals surface area contributed by atoms with Gasteiger partial charge < -0.3 is 14.8 Å². The number of halogens is 2. The molecule has 0 aliphatic heterocycles. The molecule has 0 spiro atoms. The number of methoxy groups -OCH3 is 1. The van der Waals surface area contributed by atoms with Crippen molar-refractivity contribution >= 4 is 46.4 Å². The maximum Gasteiger partial charge on any atom is 0.307 e. The first-order valence-corrected chi connectivity index (χ1v) is 11.0. The van der Waals surface area contributed by atoms with Crippen molar-refractivity contribution in [2.75, 3.05) is 7.11 Å². The van der Waals surface area contributed by atoms with Crippen molar-refractivity contribution in [3.8, 4) is 5.75 Å². The number of rotatable bonds is 9. The third kappa shape index (κ3) is 7.24. The molecule has 9 heteroatoms. The van der Waals surface area contributed by atoms with Gasteiger partial charge in [-0.25, -0.2) is 4.98 Å². The SMILES string of the molecule is COC(=O)CC(NC(=O)Cc1csc(COc2ccc(Cl)cc2)n1)c1ccc(Cl)cc1. The molecule has 0 aliphatic rings. The lowest BCUT2D eigenvalue weighted by atomic mass is 10.0. The zero-order valence-electron chi connectivity index (χ0n) is 16.6. The zero-order valence-corrected chi connectivity index (χ0v) is 19.0. The molecule has 0 saturated heterocycles. The van der Waals surface area contributed by atoms with Crippen LogP contribution in [0.25, 0.3) is 0 Å². The molecule has 0 radical (unpaired) electrons. The van der Waals surface area contributed by atoms with E-state index in [2.05, 4.69) is 10.3 Å². The molecule has 3 aromatic rings. The molecule has 31 heavy (non-hydrogen) atoms. The molecule has 1 N–H and O–H groups in total. The van der Waals surface area contributed by atoms with Crippen LogP contribution in [0.2, 0.25) is 10.0 Å². The fourth-order valence-electron chi connectivity index (χ4n) is 2.78. The molecule has 1 atom stereocenters. The summed E-state index contributed by atoms with van der Waals surface area (Å²) in [7, 11) is 1.31. The highest BCUT2D eigenvalue weighted by Gasteiger charge is 2.20. The van der Waals surface area contributed by atoms with Gasteiger partial charge in [0, 0.05) is 15.4 Å². The zero-order chi connectivity index (χ0) is 22.2. The van der Waals surface area contributed by atoms with Crippen LogP contribution in [-0.2, 0) is 27.4 Å². The minimum absolute atomic E-state index is 0.0150. The van der Waals surface area contributed by atoms with E-state index in [0.29, 0.717) is 28.1 Å². The van der Waals surface area contributed by atoms with E-state index in [-0.39, 0.29) is 18.7 Å². The van der Waals surface area contributed by atoms with E-state index >= 15 is 0 Å². The summed E-state index contributed by atoms with van der Waals surface area (Å²) in [4.78, 5) is 28.8. The van der Waals surface area contributed by atoms with Gasteiger partial charge >= 0.3 is 5.97 Å². The van der Waals surface area contributed by atoms with E-state index in [1.165, 1.54) is 18.4 Å². The molecule has 1 aromatic heterocycles. The molecule has 3 rings (SSSR count). The number of aromatic nitrogens is 1. The molecule has 162 valence electrons. The highest BCUT2D eigenvalue weighted by atomic mass is 35.5. The second-order valence-electron chi connectivity index (χ2n) is 6.60. The predicted molar refractivity (Wildman–Crippen MR) is 121 cm³/mol. The van der Waals surface area contributed by atoms with Gasteiger partial charge in [0.15, 0.2) is 0 Å². The lowest BCUT2D eigenvalue weighted by Crippen LogP contribution is -2.31. The Kier molecular flexibility index (Phi) is 8.28. The lowest BCUT2D eigenvalue weighted by Gasteiger charge is -2.18. The summed E-state index contributed by atoms with van der Waals surface area (Å²) < 4.78 is 10.4. The number of amides is 1. The Bertz CT molecular complexity index is 1020. The van der Waals surface area contributed by atoms with Crippen molar-refractivity contribution in [2.24, 2.45) is 0 Å². The first-order chi connectivity index (χ1) is 14.9. The number of ether oxygens (including phenoxy) is 2. The Morgan fingerprint density at radius 3 is 2.35 bits per heavy atom. The number of hydrogen-bond acceptors (Lipinski definition) is 6. The maximum absolute atomic E-state index is 12.6. The van der Waals surface area contributed by atoms with Crippen molar-refractivity contribution in [1.82, 2.24) is 10.3 Å². The average molecular weight is 479 g/mol. The monoisotopic (exact) mass is 478 g/mol. The molecule has 0 fully saturated rings. The number of hydrogen-bond donors (Lipinski definition) is 1. The van der Waals surface area contributed by atoms with Gasteiger partial charge in [-0.1, -0.05) is 35.3 Å². The Morgan fingerprint density at radius 1 is 1.06 bits per heavy atom. The first kappa shape index (κ1) is 23.1. The molecule has 0 aliphatic carbocycles. The largest absolute Gasteiger partial charge is 0.486 e. The highest BCUT2D eigenvalue weighted by molar-refractivity contribution is 7.09. The maximum atomic E-state index is 12.6. The van der Waals surface area contributed by atoms with Gasteiger partial charge in [-0.05, 0) is 42.0 Å². The summed E-state index contributed by atoms with van der Waals surface area (Å²) >= 11 is 13.2. The molecule has 1 heterocycles. The lowest BCUT2D eigenvalue weighted by molar-refractivity contribution is -0.141. The number of esters is 1. The van der Waals surface area contributed by atoms with E-state index in [4.69, 9.17) is 32.7 Å². The van der Waals surface area contributed by atoms with Crippen molar-refractivity contribution in [3.05, 3.63) is 80.2 Å². The Hall–Kier alpha value is -2.61. The van der Waals surface area contributed by atoms with E-state index in [1.54, 1.807) is 48.5 Å². The van der Waals surface area contributed by atoms with Crippen LogP contribution in [0.1, 0.15) is 28.7 Å². The van der Waals surface area contributed by atoms with Gasteiger partial charge in [0.05, 0.1) is 31.7 Å². The van der Waals surface area contributed by atoms with Crippen LogP contribution in [0.5, 0.6) is 5.75 Å². The summed E-state index contributed by atoms with van der Waals surface area (Å²) in [6.07, 6.45) is 0.101. The van der Waals surface area contributed by atoms with Gasteiger partial charge in [-0.2, -0.15) is 0 Å². The normalized spacial score (nSPS) is 11.6. The molecule has 6 nitrogen and oxygen atoms in total. The minimum atomic E-state index is -0.524. The van der Waals surface area contributed by atoms with Crippen LogP contribution >= 0.6 is 34.5 Å². The predicted octanol–water partition coefficient (Wildman–Crippen LogP) is 4.99. The number of nitrogens with one attached hydrogen (secondary N) is 1. The van der Waals surface area contributed by atoms with Crippen LogP contribution in [-0.4, -0.2) is 24.0 Å². The number of benzene rings is 2. The third-order valence-corrected chi connectivity index (χ3v) is 5.70. The third-order valence-electron chi connectivity index (χ3n) is 4.32. The van der Waals surface area contributed by atoms with Gasteiger partial charge in [0.2, 0.25) is 5.91 Å².